The Balaban J connectivity index is 2.09. The van der Waals surface area contributed by atoms with Crippen molar-refractivity contribution in [3.63, 3.8) is 0 Å². The number of nitrogens with one attached hydrogen (secondary N) is 1. The molecule has 0 atom stereocenters. The number of carbonyl (C=O) groups is 2. The number of hydrogen-bond donors (Lipinski definition) is 1. The van der Waals surface area contributed by atoms with Crippen LogP contribution in [0.5, 0.6) is 0 Å². The average Bonchev–Trinajstić information content (AvgIpc) is 2.37. The molecule has 0 heterocycles. The molecule has 1 amide bonds. The topological polar surface area (TPSA) is 64.6 Å². The van der Waals surface area contributed by atoms with Gasteiger partial charge in [-0.15, -0.1) is 0 Å². The van der Waals surface area contributed by atoms with Crippen LogP contribution in [0.3, 0.4) is 0 Å². The van der Waals surface area contributed by atoms with Crippen molar-refractivity contribution in [2.75, 3.05) is 13.2 Å². The van der Waals surface area contributed by atoms with E-state index in [2.05, 4.69) is 0 Å². The minimum atomic E-state index is -4.44. The van der Waals surface area contributed by atoms with Gasteiger partial charge in [0.15, 0.2) is 0 Å². The Labute approximate surface area is 121 Å². The maximum Gasteiger partial charge on any atom is 0.407 e. The predicted octanol–water partition coefficient (Wildman–Crippen LogP) is 2.79. The molecule has 0 unspecified atom stereocenters. The van der Waals surface area contributed by atoms with Gasteiger partial charge >= 0.3 is 18.2 Å². The Hall–Kier alpha value is -1.47. The Morgan fingerprint density at radius 1 is 1.19 bits per heavy atom. The first kappa shape index (κ1) is 17.6. The molecule has 1 saturated carbocycles. The normalized spacial score (nSPS) is 22.5. The lowest BCUT2D eigenvalue weighted by Gasteiger charge is -2.27. The van der Waals surface area contributed by atoms with Gasteiger partial charge in [0.2, 0.25) is 0 Å². The summed E-state index contributed by atoms with van der Waals surface area (Å²) in [4.78, 5) is 21.8. The summed E-state index contributed by atoms with van der Waals surface area (Å²) < 4.78 is 45.4. The first-order chi connectivity index (χ1) is 9.76. The summed E-state index contributed by atoms with van der Waals surface area (Å²) in [5.74, 6) is 0.0512. The SMILES string of the molecule is CC(=O)OC1CCC(CCOC(=O)NCC(F)(F)F)CC1. The number of alkyl halides is 3. The lowest BCUT2D eigenvalue weighted by Crippen LogP contribution is -2.34. The summed E-state index contributed by atoms with van der Waals surface area (Å²) in [5, 5.41) is 1.65. The van der Waals surface area contributed by atoms with Gasteiger partial charge in [-0.25, -0.2) is 4.79 Å². The molecule has 0 radical (unpaired) electrons. The largest absolute Gasteiger partial charge is 0.463 e. The number of amides is 1. The summed E-state index contributed by atoms with van der Waals surface area (Å²) >= 11 is 0. The van der Waals surface area contributed by atoms with Crippen LogP contribution in [0.25, 0.3) is 0 Å². The van der Waals surface area contributed by atoms with Crippen molar-refractivity contribution in [3.05, 3.63) is 0 Å². The molecule has 0 aliphatic heterocycles. The number of alkyl carbamates (subject to hydrolysis) is 1. The van der Waals surface area contributed by atoms with E-state index in [1.165, 1.54) is 6.92 Å². The van der Waals surface area contributed by atoms with Crippen molar-refractivity contribution in [2.24, 2.45) is 5.92 Å². The first-order valence-electron chi connectivity index (χ1n) is 6.91. The number of ether oxygens (including phenoxy) is 2. The van der Waals surface area contributed by atoms with Gasteiger partial charge in [0.05, 0.1) is 6.61 Å². The van der Waals surface area contributed by atoms with Gasteiger partial charge < -0.3 is 14.8 Å². The molecule has 1 fully saturated rings. The van der Waals surface area contributed by atoms with Crippen molar-refractivity contribution in [2.45, 2.75) is 51.3 Å². The van der Waals surface area contributed by atoms with Crippen molar-refractivity contribution in [3.8, 4) is 0 Å². The summed E-state index contributed by atoms with van der Waals surface area (Å²) in [6.07, 6.45) is -1.69. The molecule has 0 bridgehead atoms. The lowest BCUT2D eigenvalue weighted by molar-refractivity contribution is -0.148. The van der Waals surface area contributed by atoms with Crippen molar-refractivity contribution in [1.82, 2.24) is 5.32 Å². The van der Waals surface area contributed by atoms with E-state index in [4.69, 9.17) is 9.47 Å². The maximum absolute atomic E-state index is 11.8. The van der Waals surface area contributed by atoms with Crippen LogP contribution in [-0.2, 0) is 14.3 Å². The predicted molar refractivity (Wildman–Crippen MR) is 67.5 cm³/mol. The van der Waals surface area contributed by atoms with E-state index >= 15 is 0 Å². The second-order valence-corrected chi connectivity index (χ2v) is 5.15. The fourth-order valence-electron chi connectivity index (χ4n) is 2.31. The molecule has 1 rings (SSSR count). The van der Waals surface area contributed by atoms with Gasteiger partial charge in [0.1, 0.15) is 12.6 Å². The minimum absolute atomic E-state index is 0.0465. The van der Waals surface area contributed by atoms with Gasteiger partial charge in [-0.1, -0.05) is 0 Å². The fourth-order valence-corrected chi connectivity index (χ4v) is 2.31. The summed E-state index contributed by atoms with van der Waals surface area (Å²) in [7, 11) is 0. The zero-order valence-electron chi connectivity index (χ0n) is 11.9. The van der Waals surface area contributed by atoms with Crippen LogP contribution in [0.4, 0.5) is 18.0 Å². The maximum atomic E-state index is 11.8. The third-order valence-electron chi connectivity index (χ3n) is 3.32. The number of rotatable bonds is 5. The second kappa shape index (κ2) is 8.09. The highest BCUT2D eigenvalue weighted by molar-refractivity contribution is 5.67. The molecule has 0 aromatic rings. The van der Waals surface area contributed by atoms with Crippen molar-refractivity contribution < 1.29 is 32.2 Å². The minimum Gasteiger partial charge on any atom is -0.463 e. The molecule has 0 aromatic heterocycles. The Bertz CT molecular complexity index is 352. The highest BCUT2D eigenvalue weighted by atomic mass is 19.4. The second-order valence-electron chi connectivity index (χ2n) is 5.15. The first-order valence-corrected chi connectivity index (χ1v) is 6.91. The fraction of sp³-hybridized carbons (Fsp3) is 0.846. The van der Waals surface area contributed by atoms with Gasteiger partial charge in [-0.3, -0.25) is 4.79 Å². The van der Waals surface area contributed by atoms with E-state index in [0.717, 1.165) is 25.7 Å². The third-order valence-corrected chi connectivity index (χ3v) is 3.32. The zero-order valence-corrected chi connectivity index (χ0v) is 11.9. The Kier molecular flexibility index (Phi) is 6.77. The average molecular weight is 311 g/mol. The molecular formula is C13H20F3NO4. The van der Waals surface area contributed by atoms with E-state index < -0.39 is 18.8 Å². The molecule has 8 heteroatoms. The van der Waals surface area contributed by atoms with Crippen LogP contribution in [0.2, 0.25) is 0 Å². The highest BCUT2D eigenvalue weighted by Gasteiger charge is 2.28. The zero-order chi connectivity index (χ0) is 15.9. The quantitative estimate of drug-likeness (QED) is 0.793. The van der Waals surface area contributed by atoms with E-state index in [0.29, 0.717) is 12.3 Å². The Morgan fingerprint density at radius 3 is 2.33 bits per heavy atom. The molecule has 0 spiro atoms. The number of halogens is 3. The van der Waals surface area contributed by atoms with Crippen LogP contribution in [0.15, 0.2) is 0 Å². The van der Waals surface area contributed by atoms with E-state index in [-0.39, 0.29) is 18.7 Å². The van der Waals surface area contributed by atoms with Crippen molar-refractivity contribution >= 4 is 12.1 Å². The Morgan fingerprint density at radius 2 is 1.81 bits per heavy atom. The lowest BCUT2D eigenvalue weighted by atomic mass is 9.85. The highest BCUT2D eigenvalue weighted by Crippen LogP contribution is 2.28. The molecule has 1 N–H and O–H groups in total. The summed E-state index contributed by atoms with van der Waals surface area (Å²) in [6, 6.07) is 0. The standard InChI is InChI=1S/C13H20F3NO4/c1-9(18)21-11-4-2-10(3-5-11)6-7-20-12(19)17-8-13(14,15)16/h10-11H,2-8H2,1H3,(H,17,19). The van der Waals surface area contributed by atoms with Gasteiger partial charge in [0.25, 0.3) is 0 Å². The summed E-state index contributed by atoms with van der Waals surface area (Å²) in [5.41, 5.74) is 0. The van der Waals surface area contributed by atoms with Gasteiger partial charge in [-0.2, -0.15) is 13.2 Å². The molecular weight excluding hydrogens is 291 g/mol. The number of carbonyl (C=O) groups excluding carboxylic acids is 2. The van der Waals surface area contributed by atoms with Crippen LogP contribution >= 0.6 is 0 Å². The molecule has 1 aliphatic carbocycles. The van der Waals surface area contributed by atoms with E-state index in [1.807, 2.05) is 0 Å². The van der Waals surface area contributed by atoms with E-state index in [1.54, 1.807) is 5.32 Å². The molecule has 21 heavy (non-hydrogen) atoms. The molecule has 0 aromatic carbocycles. The van der Waals surface area contributed by atoms with Crippen LogP contribution in [0.1, 0.15) is 39.0 Å². The van der Waals surface area contributed by atoms with Crippen LogP contribution in [-0.4, -0.2) is 37.5 Å². The third kappa shape index (κ3) is 8.41. The number of esters is 1. The smallest absolute Gasteiger partial charge is 0.407 e. The molecule has 5 nitrogen and oxygen atoms in total. The molecule has 0 saturated heterocycles. The van der Waals surface area contributed by atoms with Gasteiger partial charge in [-0.05, 0) is 38.0 Å². The molecule has 1 aliphatic rings. The van der Waals surface area contributed by atoms with Gasteiger partial charge in [0, 0.05) is 6.92 Å². The molecule has 122 valence electrons. The van der Waals surface area contributed by atoms with Crippen LogP contribution < -0.4 is 5.32 Å². The number of hydrogen-bond acceptors (Lipinski definition) is 4. The van der Waals surface area contributed by atoms with E-state index in [9.17, 15) is 22.8 Å². The van der Waals surface area contributed by atoms with Crippen molar-refractivity contribution in [1.29, 1.82) is 0 Å². The van der Waals surface area contributed by atoms with Crippen LogP contribution in [0, 0.1) is 5.92 Å². The summed E-state index contributed by atoms with van der Waals surface area (Å²) in [6.45, 7) is 0.0748. The monoisotopic (exact) mass is 311 g/mol.